The van der Waals surface area contributed by atoms with Crippen molar-refractivity contribution in [2.45, 2.75) is 25.3 Å². The summed E-state index contributed by atoms with van der Waals surface area (Å²) < 4.78 is 10.4. The lowest BCUT2D eigenvalue weighted by atomic mass is 10.2. The topological polar surface area (TPSA) is 80.5 Å². The SMILES string of the molecule is COCCCNC(=O)N1CCC[C@@H]1c1nc(-c2ccccc2)no1. The molecule has 24 heavy (non-hydrogen) atoms. The third kappa shape index (κ3) is 3.73. The van der Waals surface area contributed by atoms with E-state index < -0.39 is 0 Å². The molecule has 0 bridgehead atoms. The van der Waals surface area contributed by atoms with Gasteiger partial charge in [-0.1, -0.05) is 35.5 Å². The van der Waals surface area contributed by atoms with Crippen LogP contribution in [0.2, 0.25) is 0 Å². The molecule has 1 aliphatic rings. The highest BCUT2D eigenvalue weighted by atomic mass is 16.5. The van der Waals surface area contributed by atoms with Gasteiger partial charge in [0.2, 0.25) is 11.7 Å². The van der Waals surface area contributed by atoms with Crippen LogP contribution >= 0.6 is 0 Å². The van der Waals surface area contributed by atoms with Crippen LogP contribution in [0, 0.1) is 0 Å². The lowest BCUT2D eigenvalue weighted by molar-refractivity contribution is 0.174. The van der Waals surface area contributed by atoms with Gasteiger partial charge in [0.25, 0.3) is 0 Å². The van der Waals surface area contributed by atoms with Crippen LogP contribution in [0.4, 0.5) is 4.79 Å². The van der Waals surface area contributed by atoms with E-state index in [-0.39, 0.29) is 12.1 Å². The zero-order chi connectivity index (χ0) is 16.8. The highest BCUT2D eigenvalue weighted by Gasteiger charge is 2.34. The molecule has 2 aromatic rings. The molecule has 1 aromatic carbocycles. The van der Waals surface area contributed by atoms with E-state index in [1.165, 1.54) is 0 Å². The average molecular weight is 330 g/mol. The minimum absolute atomic E-state index is 0.0898. The van der Waals surface area contributed by atoms with Gasteiger partial charge >= 0.3 is 6.03 Å². The Hall–Kier alpha value is -2.41. The Bertz CT molecular complexity index is 659. The predicted molar refractivity (Wildman–Crippen MR) is 88.3 cm³/mol. The number of benzene rings is 1. The molecule has 0 saturated carbocycles. The van der Waals surface area contributed by atoms with Crippen molar-refractivity contribution < 1.29 is 14.1 Å². The van der Waals surface area contributed by atoms with Gasteiger partial charge < -0.3 is 19.5 Å². The Labute approximate surface area is 141 Å². The fourth-order valence-electron chi connectivity index (χ4n) is 2.85. The first-order chi connectivity index (χ1) is 11.8. The molecular formula is C17H22N4O3. The number of hydrogen-bond donors (Lipinski definition) is 1. The van der Waals surface area contributed by atoms with Gasteiger partial charge in [-0.3, -0.25) is 0 Å². The maximum absolute atomic E-state index is 12.4. The first kappa shape index (κ1) is 16.4. The van der Waals surface area contributed by atoms with Gasteiger partial charge in [0, 0.05) is 32.4 Å². The summed E-state index contributed by atoms with van der Waals surface area (Å²) in [5.74, 6) is 1.05. The van der Waals surface area contributed by atoms with Gasteiger partial charge in [-0.15, -0.1) is 0 Å². The zero-order valence-corrected chi connectivity index (χ0v) is 13.8. The summed E-state index contributed by atoms with van der Waals surface area (Å²) in [5.41, 5.74) is 0.904. The summed E-state index contributed by atoms with van der Waals surface area (Å²) in [6, 6.07) is 9.43. The molecular weight excluding hydrogens is 308 g/mol. The molecule has 1 aliphatic heterocycles. The Morgan fingerprint density at radius 3 is 3.04 bits per heavy atom. The van der Waals surface area contributed by atoms with Gasteiger partial charge in [-0.05, 0) is 19.3 Å². The normalized spacial score (nSPS) is 17.2. The zero-order valence-electron chi connectivity index (χ0n) is 13.8. The molecule has 0 aliphatic carbocycles. The van der Waals surface area contributed by atoms with Crippen LogP contribution in [-0.4, -0.2) is 47.9 Å². The standard InChI is InChI=1S/C17H22N4O3/c1-23-12-6-10-18-17(22)21-11-5-9-14(21)16-19-15(20-24-16)13-7-3-2-4-8-13/h2-4,7-8,14H,5-6,9-12H2,1H3,(H,18,22)/t14-/m1/s1. The van der Waals surface area contributed by atoms with E-state index in [1.807, 2.05) is 30.3 Å². The molecule has 1 fully saturated rings. The quantitative estimate of drug-likeness (QED) is 0.824. The van der Waals surface area contributed by atoms with Crippen molar-refractivity contribution in [1.29, 1.82) is 0 Å². The molecule has 0 unspecified atom stereocenters. The van der Waals surface area contributed by atoms with Crippen molar-refractivity contribution in [3.05, 3.63) is 36.2 Å². The van der Waals surface area contributed by atoms with Crippen LogP contribution in [0.15, 0.2) is 34.9 Å². The summed E-state index contributed by atoms with van der Waals surface area (Å²) >= 11 is 0. The van der Waals surface area contributed by atoms with Crippen molar-refractivity contribution in [3.63, 3.8) is 0 Å². The van der Waals surface area contributed by atoms with E-state index in [1.54, 1.807) is 12.0 Å². The number of hydrogen-bond acceptors (Lipinski definition) is 5. The second-order valence-corrected chi connectivity index (χ2v) is 5.75. The van der Waals surface area contributed by atoms with E-state index in [2.05, 4.69) is 15.5 Å². The molecule has 1 atom stereocenters. The number of urea groups is 1. The largest absolute Gasteiger partial charge is 0.385 e. The van der Waals surface area contributed by atoms with E-state index in [0.717, 1.165) is 24.8 Å². The summed E-state index contributed by atoms with van der Waals surface area (Å²) in [5, 5.41) is 6.97. The molecule has 7 nitrogen and oxygen atoms in total. The molecule has 1 aromatic heterocycles. The van der Waals surface area contributed by atoms with E-state index in [0.29, 0.717) is 31.4 Å². The molecule has 2 heterocycles. The fourth-order valence-corrected chi connectivity index (χ4v) is 2.85. The van der Waals surface area contributed by atoms with Crippen molar-refractivity contribution in [3.8, 4) is 11.4 Å². The van der Waals surface area contributed by atoms with E-state index in [9.17, 15) is 4.79 Å². The summed E-state index contributed by atoms with van der Waals surface area (Å²) in [6.45, 7) is 1.92. The van der Waals surface area contributed by atoms with E-state index >= 15 is 0 Å². The minimum atomic E-state index is -0.155. The Balaban J connectivity index is 1.65. The van der Waals surface area contributed by atoms with Crippen LogP contribution < -0.4 is 5.32 Å². The van der Waals surface area contributed by atoms with Gasteiger partial charge in [0.05, 0.1) is 0 Å². The van der Waals surface area contributed by atoms with Gasteiger partial charge in [-0.2, -0.15) is 4.98 Å². The second kappa shape index (κ2) is 7.92. The Kier molecular flexibility index (Phi) is 5.43. The Morgan fingerprint density at radius 2 is 2.25 bits per heavy atom. The van der Waals surface area contributed by atoms with Crippen molar-refractivity contribution in [1.82, 2.24) is 20.4 Å². The maximum Gasteiger partial charge on any atom is 0.318 e. The van der Waals surface area contributed by atoms with Crippen LogP contribution in [0.3, 0.4) is 0 Å². The third-order valence-electron chi connectivity index (χ3n) is 4.07. The molecule has 1 saturated heterocycles. The number of methoxy groups -OCH3 is 1. The highest BCUT2D eigenvalue weighted by Crippen LogP contribution is 2.31. The van der Waals surface area contributed by atoms with Gasteiger partial charge in [-0.25, -0.2) is 4.79 Å². The molecule has 1 N–H and O–H groups in total. The van der Waals surface area contributed by atoms with Crippen molar-refractivity contribution >= 4 is 6.03 Å². The number of aromatic nitrogens is 2. The van der Waals surface area contributed by atoms with E-state index in [4.69, 9.17) is 9.26 Å². The van der Waals surface area contributed by atoms with Gasteiger partial charge in [0.1, 0.15) is 6.04 Å². The lowest BCUT2D eigenvalue weighted by Gasteiger charge is -2.22. The number of amides is 2. The number of nitrogens with zero attached hydrogens (tertiary/aromatic N) is 3. The molecule has 0 radical (unpaired) electrons. The second-order valence-electron chi connectivity index (χ2n) is 5.75. The first-order valence-electron chi connectivity index (χ1n) is 8.22. The molecule has 3 rings (SSSR count). The average Bonchev–Trinajstić information content (AvgIpc) is 3.28. The third-order valence-corrected chi connectivity index (χ3v) is 4.07. The molecule has 128 valence electrons. The Morgan fingerprint density at radius 1 is 1.42 bits per heavy atom. The van der Waals surface area contributed by atoms with Crippen LogP contribution in [0.1, 0.15) is 31.2 Å². The summed E-state index contributed by atoms with van der Waals surface area (Å²) in [7, 11) is 1.65. The van der Waals surface area contributed by atoms with Crippen LogP contribution in [-0.2, 0) is 4.74 Å². The first-order valence-corrected chi connectivity index (χ1v) is 8.22. The van der Waals surface area contributed by atoms with Crippen LogP contribution in [0.5, 0.6) is 0 Å². The van der Waals surface area contributed by atoms with Crippen LogP contribution in [0.25, 0.3) is 11.4 Å². The fraction of sp³-hybridized carbons (Fsp3) is 0.471. The summed E-state index contributed by atoms with van der Waals surface area (Å²) in [4.78, 5) is 18.6. The summed E-state index contributed by atoms with van der Waals surface area (Å²) in [6.07, 6.45) is 2.56. The molecule has 0 spiro atoms. The number of carbonyl (C=O) groups excluding carboxylic acids is 1. The van der Waals surface area contributed by atoms with Gasteiger partial charge in [0.15, 0.2) is 0 Å². The number of rotatable bonds is 6. The number of nitrogens with one attached hydrogen (secondary N) is 1. The number of ether oxygens (including phenoxy) is 1. The minimum Gasteiger partial charge on any atom is -0.385 e. The number of likely N-dealkylation sites (tertiary alicyclic amines) is 1. The maximum atomic E-state index is 12.4. The molecule has 7 heteroatoms. The lowest BCUT2D eigenvalue weighted by Crippen LogP contribution is -2.40. The monoisotopic (exact) mass is 330 g/mol. The highest BCUT2D eigenvalue weighted by molar-refractivity contribution is 5.74. The van der Waals surface area contributed by atoms with Crippen molar-refractivity contribution in [2.24, 2.45) is 0 Å². The number of carbonyl (C=O) groups is 1. The predicted octanol–water partition coefficient (Wildman–Crippen LogP) is 2.62. The van der Waals surface area contributed by atoms with Crippen molar-refractivity contribution in [2.75, 3.05) is 26.8 Å². The molecule has 2 amide bonds. The smallest absolute Gasteiger partial charge is 0.318 e.